The molecule has 6 heteroatoms. The van der Waals surface area contributed by atoms with Crippen molar-refractivity contribution in [3.63, 3.8) is 0 Å². The predicted octanol–water partition coefficient (Wildman–Crippen LogP) is 5.33. The lowest BCUT2D eigenvalue weighted by Crippen LogP contribution is -2.34. The molecule has 0 fully saturated rings. The number of methoxy groups -OCH3 is 1. The molecule has 176 valence electrons. The van der Waals surface area contributed by atoms with Gasteiger partial charge in [0.2, 0.25) is 5.91 Å². The van der Waals surface area contributed by atoms with Gasteiger partial charge in [-0.25, -0.2) is 4.98 Å². The Balaban J connectivity index is 1.68. The SMILES string of the molecule is COc1cc(CN(CCCn2ccnc2)C(=O)CC(C)(C)C)ccc1OCc1ccccc1. The summed E-state index contributed by atoms with van der Waals surface area (Å²) in [5, 5.41) is 0. The standard InChI is InChI=1S/C27H35N3O3/c1-27(2,3)18-26(31)30(15-8-14-29-16-13-28-21-29)19-23-11-12-24(25(17-23)32-4)33-20-22-9-6-5-7-10-22/h5-7,9-13,16-17,21H,8,14-15,18-20H2,1-4H3. The van der Waals surface area contributed by atoms with Gasteiger partial charge in [-0.1, -0.05) is 57.2 Å². The summed E-state index contributed by atoms with van der Waals surface area (Å²) in [5.74, 6) is 1.53. The molecule has 1 amide bonds. The molecule has 1 heterocycles. The average Bonchev–Trinajstić information content (AvgIpc) is 3.30. The first-order chi connectivity index (χ1) is 15.8. The number of aromatic nitrogens is 2. The van der Waals surface area contributed by atoms with Crippen molar-refractivity contribution in [2.24, 2.45) is 5.41 Å². The van der Waals surface area contributed by atoms with Gasteiger partial charge in [-0.3, -0.25) is 4.79 Å². The second kappa shape index (κ2) is 11.5. The summed E-state index contributed by atoms with van der Waals surface area (Å²) in [4.78, 5) is 19.1. The Labute approximate surface area is 197 Å². The molecule has 0 aliphatic carbocycles. The first-order valence-electron chi connectivity index (χ1n) is 11.4. The second-order valence-electron chi connectivity index (χ2n) is 9.47. The quantitative estimate of drug-likeness (QED) is 0.397. The van der Waals surface area contributed by atoms with Crippen LogP contribution in [0.2, 0.25) is 0 Å². The summed E-state index contributed by atoms with van der Waals surface area (Å²) >= 11 is 0. The topological polar surface area (TPSA) is 56.6 Å². The zero-order chi connectivity index (χ0) is 23.7. The van der Waals surface area contributed by atoms with Crippen molar-refractivity contribution in [3.8, 4) is 11.5 Å². The minimum Gasteiger partial charge on any atom is -0.493 e. The molecule has 0 aliphatic rings. The number of carbonyl (C=O) groups excluding carboxylic acids is 1. The molecule has 3 aromatic rings. The zero-order valence-electron chi connectivity index (χ0n) is 20.2. The summed E-state index contributed by atoms with van der Waals surface area (Å²) in [5.41, 5.74) is 2.05. The van der Waals surface area contributed by atoms with E-state index in [1.807, 2.05) is 64.2 Å². The first kappa shape index (κ1) is 24.4. The van der Waals surface area contributed by atoms with Crippen molar-refractivity contribution in [2.45, 2.75) is 53.3 Å². The highest BCUT2D eigenvalue weighted by Crippen LogP contribution is 2.30. The second-order valence-corrected chi connectivity index (χ2v) is 9.47. The molecular weight excluding hydrogens is 414 g/mol. The summed E-state index contributed by atoms with van der Waals surface area (Å²) < 4.78 is 13.6. The van der Waals surface area contributed by atoms with Crippen LogP contribution in [-0.2, 0) is 24.5 Å². The summed E-state index contributed by atoms with van der Waals surface area (Å²) in [6.07, 6.45) is 6.89. The van der Waals surface area contributed by atoms with Gasteiger partial charge in [-0.15, -0.1) is 0 Å². The fourth-order valence-corrected chi connectivity index (χ4v) is 3.61. The third-order valence-electron chi connectivity index (χ3n) is 5.28. The van der Waals surface area contributed by atoms with Gasteiger partial charge in [-0.2, -0.15) is 0 Å². The Kier molecular flexibility index (Phi) is 8.52. The van der Waals surface area contributed by atoms with Crippen LogP contribution in [0.5, 0.6) is 11.5 Å². The van der Waals surface area contributed by atoms with Gasteiger partial charge in [0.25, 0.3) is 0 Å². The first-order valence-corrected chi connectivity index (χ1v) is 11.4. The van der Waals surface area contributed by atoms with Crippen LogP contribution >= 0.6 is 0 Å². The Hall–Kier alpha value is -3.28. The maximum absolute atomic E-state index is 13.1. The van der Waals surface area contributed by atoms with Crippen LogP contribution in [-0.4, -0.2) is 34.0 Å². The summed E-state index contributed by atoms with van der Waals surface area (Å²) in [6, 6.07) is 15.9. The molecule has 0 saturated carbocycles. The molecule has 33 heavy (non-hydrogen) atoms. The third-order valence-corrected chi connectivity index (χ3v) is 5.28. The molecule has 2 aromatic carbocycles. The molecule has 0 saturated heterocycles. The van der Waals surface area contributed by atoms with Crippen molar-refractivity contribution in [3.05, 3.63) is 78.4 Å². The number of amides is 1. The monoisotopic (exact) mass is 449 g/mol. The minimum atomic E-state index is -0.0630. The number of hydrogen-bond donors (Lipinski definition) is 0. The van der Waals surface area contributed by atoms with E-state index in [0.29, 0.717) is 37.6 Å². The van der Waals surface area contributed by atoms with Crippen molar-refractivity contribution in [1.29, 1.82) is 0 Å². The van der Waals surface area contributed by atoms with Crippen LogP contribution in [0.4, 0.5) is 0 Å². The van der Waals surface area contributed by atoms with E-state index in [9.17, 15) is 4.79 Å². The van der Waals surface area contributed by atoms with Crippen LogP contribution < -0.4 is 9.47 Å². The van der Waals surface area contributed by atoms with Crippen LogP contribution in [0.3, 0.4) is 0 Å². The molecule has 3 rings (SSSR count). The van der Waals surface area contributed by atoms with E-state index in [1.54, 1.807) is 19.6 Å². The number of rotatable bonds is 11. The molecule has 0 radical (unpaired) electrons. The van der Waals surface area contributed by atoms with E-state index >= 15 is 0 Å². The van der Waals surface area contributed by atoms with Gasteiger partial charge in [0.15, 0.2) is 11.5 Å². The van der Waals surface area contributed by atoms with E-state index in [0.717, 1.165) is 24.1 Å². The van der Waals surface area contributed by atoms with Crippen LogP contribution in [0.15, 0.2) is 67.3 Å². The highest BCUT2D eigenvalue weighted by atomic mass is 16.5. The molecule has 0 unspecified atom stereocenters. The lowest BCUT2D eigenvalue weighted by Gasteiger charge is -2.27. The molecule has 6 nitrogen and oxygen atoms in total. The Bertz CT molecular complexity index is 995. The molecule has 0 N–H and O–H groups in total. The minimum absolute atomic E-state index is 0.0630. The number of imidazole rings is 1. The van der Waals surface area contributed by atoms with Gasteiger partial charge < -0.3 is 18.9 Å². The van der Waals surface area contributed by atoms with Crippen LogP contribution in [0.1, 0.15) is 44.7 Å². The van der Waals surface area contributed by atoms with Gasteiger partial charge in [0.05, 0.1) is 13.4 Å². The maximum Gasteiger partial charge on any atom is 0.223 e. The molecule has 0 bridgehead atoms. The number of hydrogen-bond acceptors (Lipinski definition) is 4. The van der Waals surface area contributed by atoms with Gasteiger partial charge in [0, 0.05) is 38.4 Å². The average molecular weight is 450 g/mol. The Morgan fingerprint density at radius 2 is 1.85 bits per heavy atom. The normalized spacial score (nSPS) is 11.3. The van der Waals surface area contributed by atoms with Gasteiger partial charge in [-0.05, 0) is 35.1 Å². The fourth-order valence-electron chi connectivity index (χ4n) is 3.61. The van der Waals surface area contributed by atoms with E-state index in [4.69, 9.17) is 9.47 Å². The molecule has 1 aromatic heterocycles. The largest absolute Gasteiger partial charge is 0.493 e. The smallest absolute Gasteiger partial charge is 0.223 e. The molecule has 0 aliphatic heterocycles. The van der Waals surface area contributed by atoms with E-state index < -0.39 is 0 Å². The number of benzene rings is 2. The lowest BCUT2D eigenvalue weighted by atomic mass is 9.91. The van der Waals surface area contributed by atoms with Crippen molar-refractivity contribution >= 4 is 5.91 Å². The number of ether oxygens (including phenoxy) is 2. The Morgan fingerprint density at radius 3 is 2.52 bits per heavy atom. The van der Waals surface area contributed by atoms with Crippen molar-refractivity contribution < 1.29 is 14.3 Å². The third kappa shape index (κ3) is 7.97. The predicted molar refractivity (Wildman–Crippen MR) is 130 cm³/mol. The lowest BCUT2D eigenvalue weighted by molar-refractivity contribution is -0.133. The van der Waals surface area contributed by atoms with Crippen molar-refractivity contribution in [2.75, 3.05) is 13.7 Å². The van der Waals surface area contributed by atoms with Crippen LogP contribution in [0, 0.1) is 5.41 Å². The summed E-state index contributed by atoms with van der Waals surface area (Å²) in [7, 11) is 1.64. The zero-order valence-corrected chi connectivity index (χ0v) is 20.2. The Morgan fingerprint density at radius 1 is 1.06 bits per heavy atom. The van der Waals surface area contributed by atoms with Crippen LogP contribution in [0.25, 0.3) is 0 Å². The molecule has 0 atom stereocenters. The maximum atomic E-state index is 13.1. The van der Waals surface area contributed by atoms with Gasteiger partial charge in [0.1, 0.15) is 6.61 Å². The highest BCUT2D eigenvalue weighted by molar-refractivity contribution is 5.76. The number of nitrogens with zero attached hydrogens (tertiary/aromatic N) is 3. The number of aryl methyl sites for hydroxylation is 1. The van der Waals surface area contributed by atoms with E-state index in [1.165, 1.54) is 0 Å². The van der Waals surface area contributed by atoms with Gasteiger partial charge >= 0.3 is 0 Å². The summed E-state index contributed by atoms with van der Waals surface area (Å²) in [6.45, 7) is 8.80. The van der Waals surface area contributed by atoms with E-state index in [-0.39, 0.29) is 11.3 Å². The molecule has 0 spiro atoms. The van der Waals surface area contributed by atoms with E-state index in [2.05, 4.69) is 25.8 Å². The highest BCUT2D eigenvalue weighted by Gasteiger charge is 2.21. The number of carbonyl (C=O) groups is 1. The van der Waals surface area contributed by atoms with Crippen molar-refractivity contribution in [1.82, 2.24) is 14.5 Å². The fraction of sp³-hybridized carbons (Fsp3) is 0.407. The molecular formula is C27H35N3O3.